The third kappa shape index (κ3) is 2.65. The van der Waals surface area contributed by atoms with Crippen LogP contribution in [0.15, 0.2) is 48.5 Å². The molecule has 0 saturated carbocycles. The van der Waals surface area contributed by atoms with Crippen molar-refractivity contribution in [3.8, 4) is 16.9 Å². The molecule has 0 aliphatic rings. The maximum Gasteiger partial charge on any atom is 0.127 e. The van der Waals surface area contributed by atoms with E-state index in [1.54, 1.807) is 4.68 Å². The summed E-state index contributed by atoms with van der Waals surface area (Å²) in [6.45, 7) is 4.13. The molecule has 3 rings (SSSR count). The van der Waals surface area contributed by atoms with Gasteiger partial charge in [-0.3, -0.25) is 0 Å². The Kier molecular flexibility index (Phi) is 3.43. The van der Waals surface area contributed by atoms with Crippen LogP contribution in [0.2, 0.25) is 5.02 Å². The summed E-state index contributed by atoms with van der Waals surface area (Å²) in [6.07, 6.45) is 0. The molecule has 1 aromatic heterocycles. The summed E-state index contributed by atoms with van der Waals surface area (Å²) in [6, 6.07) is 15.7. The van der Waals surface area contributed by atoms with Crippen molar-refractivity contribution in [1.29, 1.82) is 0 Å². The van der Waals surface area contributed by atoms with Gasteiger partial charge in [0.25, 0.3) is 0 Å². The Morgan fingerprint density at radius 2 is 1.71 bits per heavy atom. The third-order valence-electron chi connectivity index (χ3n) is 3.46. The van der Waals surface area contributed by atoms with Crippen LogP contribution in [-0.2, 0) is 0 Å². The van der Waals surface area contributed by atoms with E-state index in [0.29, 0.717) is 10.8 Å². The molecule has 21 heavy (non-hydrogen) atoms. The van der Waals surface area contributed by atoms with E-state index in [0.717, 1.165) is 22.5 Å². The van der Waals surface area contributed by atoms with Crippen LogP contribution in [0.5, 0.6) is 0 Å². The van der Waals surface area contributed by atoms with Gasteiger partial charge in [0.1, 0.15) is 5.82 Å². The minimum Gasteiger partial charge on any atom is -0.384 e. The Labute approximate surface area is 129 Å². The van der Waals surface area contributed by atoms with Crippen molar-refractivity contribution in [3.63, 3.8) is 0 Å². The molecule has 0 spiro atoms. The van der Waals surface area contributed by atoms with E-state index in [4.69, 9.17) is 17.3 Å². The number of nitrogens with zero attached hydrogens (tertiary/aromatic N) is 2. The Balaban J connectivity index is 2.07. The highest BCUT2D eigenvalue weighted by molar-refractivity contribution is 6.30. The molecular weight excluding hydrogens is 282 g/mol. The molecule has 0 saturated heterocycles. The molecule has 0 amide bonds. The van der Waals surface area contributed by atoms with Gasteiger partial charge in [0.2, 0.25) is 0 Å². The summed E-state index contributed by atoms with van der Waals surface area (Å²) < 4.78 is 1.78. The van der Waals surface area contributed by atoms with Crippen molar-refractivity contribution < 1.29 is 0 Å². The number of aromatic nitrogens is 2. The van der Waals surface area contributed by atoms with Crippen LogP contribution in [0.25, 0.3) is 16.9 Å². The van der Waals surface area contributed by atoms with Crippen molar-refractivity contribution in [1.82, 2.24) is 9.78 Å². The van der Waals surface area contributed by atoms with E-state index >= 15 is 0 Å². The maximum atomic E-state index is 6.12. The monoisotopic (exact) mass is 297 g/mol. The van der Waals surface area contributed by atoms with Crippen LogP contribution in [0.3, 0.4) is 0 Å². The molecule has 3 aromatic rings. The second kappa shape index (κ2) is 5.26. The number of halogens is 1. The minimum absolute atomic E-state index is 0.618. The van der Waals surface area contributed by atoms with E-state index in [1.165, 1.54) is 5.56 Å². The second-order valence-electron chi connectivity index (χ2n) is 5.16. The highest BCUT2D eigenvalue weighted by atomic mass is 35.5. The normalized spacial score (nSPS) is 10.8. The summed E-state index contributed by atoms with van der Waals surface area (Å²) in [5.41, 5.74) is 11.3. The lowest BCUT2D eigenvalue weighted by Gasteiger charge is -2.08. The molecule has 0 bridgehead atoms. The smallest absolute Gasteiger partial charge is 0.127 e. The zero-order valence-corrected chi connectivity index (χ0v) is 12.7. The SMILES string of the molecule is Cc1ccc(-n2nc(-c3ccc(Cl)cc3)cc2N)c(C)c1. The van der Waals surface area contributed by atoms with Crippen LogP contribution in [-0.4, -0.2) is 9.78 Å². The molecule has 2 N–H and O–H groups in total. The van der Waals surface area contributed by atoms with Gasteiger partial charge in [-0.15, -0.1) is 0 Å². The van der Waals surface area contributed by atoms with E-state index in [1.807, 2.05) is 36.4 Å². The van der Waals surface area contributed by atoms with E-state index in [9.17, 15) is 0 Å². The fourth-order valence-corrected chi connectivity index (χ4v) is 2.52. The lowest BCUT2D eigenvalue weighted by Crippen LogP contribution is -2.03. The predicted octanol–water partition coefficient (Wildman–Crippen LogP) is 4.39. The van der Waals surface area contributed by atoms with Crippen LogP contribution in [0.1, 0.15) is 11.1 Å². The van der Waals surface area contributed by atoms with Gasteiger partial charge in [-0.05, 0) is 37.6 Å². The topological polar surface area (TPSA) is 43.8 Å². The quantitative estimate of drug-likeness (QED) is 0.762. The van der Waals surface area contributed by atoms with Gasteiger partial charge < -0.3 is 5.73 Å². The van der Waals surface area contributed by atoms with Crippen molar-refractivity contribution >= 4 is 17.4 Å². The Bertz CT molecular complexity index is 788. The van der Waals surface area contributed by atoms with Crippen molar-refractivity contribution in [2.45, 2.75) is 13.8 Å². The lowest BCUT2D eigenvalue weighted by atomic mass is 10.1. The largest absolute Gasteiger partial charge is 0.384 e. The number of hydrogen-bond acceptors (Lipinski definition) is 2. The van der Waals surface area contributed by atoms with Gasteiger partial charge in [-0.2, -0.15) is 5.10 Å². The molecule has 4 heteroatoms. The van der Waals surface area contributed by atoms with Gasteiger partial charge in [0.15, 0.2) is 0 Å². The molecule has 2 aromatic carbocycles. The Morgan fingerprint density at radius 3 is 2.38 bits per heavy atom. The summed E-state index contributed by atoms with van der Waals surface area (Å²) in [4.78, 5) is 0. The first-order valence-corrected chi connectivity index (χ1v) is 7.11. The molecule has 106 valence electrons. The summed E-state index contributed by atoms with van der Waals surface area (Å²) >= 11 is 5.92. The van der Waals surface area contributed by atoms with Gasteiger partial charge in [-0.1, -0.05) is 41.4 Å². The first kappa shape index (κ1) is 13.7. The summed E-state index contributed by atoms with van der Waals surface area (Å²) in [7, 11) is 0. The Hall–Kier alpha value is -2.26. The lowest BCUT2D eigenvalue weighted by molar-refractivity contribution is 0.886. The van der Waals surface area contributed by atoms with E-state index in [-0.39, 0.29) is 0 Å². The summed E-state index contributed by atoms with van der Waals surface area (Å²) in [5.74, 6) is 0.618. The first-order chi connectivity index (χ1) is 10.0. The molecule has 0 unspecified atom stereocenters. The van der Waals surface area contributed by atoms with E-state index < -0.39 is 0 Å². The predicted molar refractivity (Wildman–Crippen MR) is 87.9 cm³/mol. The van der Waals surface area contributed by atoms with Crippen molar-refractivity contribution in [2.24, 2.45) is 0 Å². The number of benzene rings is 2. The number of nitrogen functional groups attached to an aromatic ring is 1. The van der Waals surface area contributed by atoms with Gasteiger partial charge in [0.05, 0.1) is 11.4 Å². The fourth-order valence-electron chi connectivity index (χ4n) is 2.39. The molecule has 0 aliphatic carbocycles. The maximum absolute atomic E-state index is 6.12. The standard InChI is InChI=1S/C17H16ClN3/c1-11-3-8-16(12(2)9-11)21-17(19)10-15(20-21)13-4-6-14(18)7-5-13/h3-10H,19H2,1-2H3. The molecule has 0 radical (unpaired) electrons. The van der Waals surface area contributed by atoms with Crippen LogP contribution in [0.4, 0.5) is 5.82 Å². The second-order valence-corrected chi connectivity index (χ2v) is 5.60. The van der Waals surface area contributed by atoms with Crippen LogP contribution < -0.4 is 5.73 Å². The molecule has 0 fully saturated rings. The summed E-state index contributed by atoms with van der Waals surface area (Å²) in [5, 5.41) is 5.33. The number of nitrogens with two attached hydrogens (primary N) is 1. The average Bonchev–Trinajstić information content (AvgIpc) is 2.81. The molecule has 3 nitrogen and oxygen atoms in total. The minimum atomic E-state index is 0.618. The molecule has 1 heterocycles. The molecule has 0 atom stereocenters. The van der Waals surface area contributed by atoms with Crippen LogP contribution >= 0.6 is 11.6 Å². The van der Waals surface area contributed by atoms with Crippen molar-refractivity contribution in [3.05, 3.63) is 64.7 Å². The van der Waals surface area contributed by atoms with Crippen molar-refractivity contribution in [2.75, 3.05) is 5.73 Å². The van der Waals surface area contributed by atoms with Gasteiger partial charge >= 0.3 is 0 Å². The van der Waals surface area contributed by atoms with Crippen LogP contribution in [0, 0.1) is 13.8 Å². The fraction of sp³-hybridized carbons (Fsp3) is 0.118. The van der Waals surface area contributed by atoms with Gasteiger partial charge in [-0.25, -0.2) is 4.68 Å². The number of rotatable bonds is 2. The number of aryl methyl sites for hydroxylation is 2. The molecule has 0 aliphatic heterocycles. The third-order valence-corrected chi connectivity index (χ3v) is 3.71. The molecular formula is C17H16ClN3. The Morgan fingerprint density at radius 1 is 1.00 bits per heavy atom. The van der Waals surface area contributed by atoms with Gasteiger partial charge in [0, 0.05) is 16.7 Å². The number of hydrogen-bond donors (Lipinski definition) is 1. The highest BCUT2D eigenvalue weighted by Gasteiger charge is 2.10. The van der Waals surface area contributed by atoms with E-state index in [2.05, 4.69) is 31.1 Å². The zero-order valence-electron chi connectivity index (χ0n) is 12.0. The highest BCUT2D eigenvalue weighted by Crippen LogP contribution is 2.25. The average molecular weight is 298 g/mol. The number of anilines is 1. The zero-order chi connectivity index (χ0) is 15.0. The first-order valence-electron chi connectivity index (χ1n) is 6.74.